The van der Waals surface area contributed by atoms with Gasteiger partial charge in [-0.05, 0) is 37.6 Å². The largest absolute Gasteiger partial charge is 0.495 e. The lowest BCUT2D eigenvalue weighted by Crippen LogP contribution is -2.51. The van der Waals surface area contributed by atoms with Crippen molar-refractivity contribution >= 4 is 17.2 Å². The first-order chi connectivity index (χ1) is 8.65. The summed E-state index contributed by atoms with van der Waals surface area (Å²) in [6.45, 7) is 2.77. The molecule has 1 fully saturated rings. The van der Waals surface area contributed by atoms with E-state index in [9.17, 15) is 4.79 Å². The Bertz CT molecular complexity index is 417. The zero-order valence-corrected chi connectivity index (χ0v) is 11.7. The third-order valence-electron chi connectivity index (χ3n) is 3.46. The van der Waals surface area contributed by atoms with E-state index in [1.54, 1.807) is 7.11 Å². The fraction of sp³-hybridized carbons (Fsp3) is 0.615. The molecule has 0 aliphatic carbocycles. The molecule has 1 amide bonds. The van der Waals surface area contributed by atoms with Crippen molar-refractivity contribution in [3.05, 3.63) is 16.3 Å². The number of nitrogens with zero attached hydrogens (tertiary/aromatic N) is 1. The van der Waals surface area contributed by atoms with Crippen LogP contribution in [0.25, 0.3) is 0 Å². The van der Waals surface area contributed by atoms with E-state index in [4.69, 9.17) is 10.5 Å². The fourth-order valence-corrected chi connectivity index (χ4v) is 3.31. The van der Waals surface area contributed by atoms with Crippen LogP contribution in [-0.4, -0.2) is 36.5 Å². The minimum absolute atomic E-state index is 0.0141. The summed E-state index contributed by atoms with van der Waals surface area (Å²) in [5, 5.41) is 1.89. The van der Waals surface area contributed by atoms with Crippen LogP contribution in [0.2, 0.25) is 0 Å². The number of carbonyl (C=O) groups is 1. The van der Waals surface area contributed by atoms with E-state index in [1.165, 1.54) is 11.3 Å². The van der Waals surface area contributed by atoms with E-state index in [-0.39, 0.29) is 18.0 Å². The van der Waals surface area contributed by atoms with Crippen molar-refractivity contribution in [2.75, 3.05) is 13.7 Å². The number of rotatable bonds is 3. The van der Waals surface area contributed by atoms with Gasteiger partial charge >= 0.3 is 0 Å². The number of likely N-dealkylation sites (tertiary alicyclic amines) is 1. The third kappa shape index (κ3) is 2.52. The molecule has 2 heterocycles. The topological polar surface area (TPSA) is 55.6 Å². The number of amides is 1. The molecule has 2 N–H and O–H groups in total. The van der Waals surface area contributed by atoms with E-state index in [1.807, 2.05) is 23.3 Å². The highest BCUT2D eigenvalue weighted by atomic mass is 32.1. The molecule has 5 heteroatoms. The van der Waals surface area contributed by atoms with E-state index in [2.05, 4.69) is 0 Å². The maximum absolute atomic E-state index is 12.6. The Labute approximate surface area is 112 Å². The monoisotopic (exact) mass is 268 g/mol. The molecule has 1 aliphatic rings. The number of ether oxygens (including phenoxy) is 1. The predicted molar refractivity (Wildman–Crippen MR) is 73.2 cm³/mol. The average molecular weight is 268 g/mol. The van der Waals surface area contributed by atoms with E-state index < -0.39 is 0 Å². The minimum atomic E-state index is 0.0141. The van der Waals surface area contributed by atoms with Crippen LogP contribution in [0.1, 0.15) is 35.9 Å². The second kappa shape index (κ2) is 5.71. The van der Waals surface area contributed by atoms with Crippen LogP contribution in [0.5, 0.6) is 5.75 Å². The highest BCUT2D eigenvalue weighted by molar-refractivity contribution is 7.12. The fourth-order valence-electron chi connectivity index (χ4n) is 2.50. The van der Waals surface area contributed by atoms with Crippen molar-refractivity contribution in [1.29, 1.82) is 0 Å². The van der Waals surface area contributed by atoms with Gasteiger partial charge in [0.15, 0.2) is 0 Å². The summed E-state index contributed by atoms with van der Waals surface area (Å²) in [6.07, 6.45) is 3.21. The van der Waals surface area contributed by atoms with Crippen LogP contribution < -0.4 is 10.5 Å². The Balaban J connectivity index is 2.21. The highest BCUT2D eigenvalue weighted by Gasteiger charge is 2.31. The summed E-state index contributed by atoms with van der Waals surface area (Å²) in [6, 6.07) is 2.00. The number of nitrogens with two attached hydrogens (primary N) is 1. The lowest BCUT2D eigenvalue weighted by atomic mass is 9.97. The summed E-state index contributed by atoms with van der Waals surface area (Å²) in [5.41, 5.74) is 6.00. The van der Waals surface area contributed by atoms with Crippen LogP contribution in [0.4, 0.5) is 0 Å². The smallest absolute Gasteiger partial charge is 0.268 e. The van der Waals surface area contributed by atoms with Gasteiger partial charge in [-0.2, -0.15) is 0 Å². The van der Waals surface area contributed by atoms with Crippen molar-refractivity contribution < 1.29 is 9.53 Å². The van der Waals surface area contributed by atoms with Gasteiger partial charge in [0, 0.05) is 18.6 Å². The van der Waals surface area contributed by atoms with Crippen molar-refractivity contribution in [2.45, 2.75) is 38.3 Å². The molecule has 1 saturated heterocycles. The first-order valence-corrected chi connectivity index (χ1v) is 7.21. The molecular formula is C13H20N2O2S. The molecule has 2 rings (SSSR count). The van der Waals surface area contributed by atoms with Crippen molar-refractivity contribution in [1.82, 2.24) is 4.90 Å². The zero-order valence-electron chi connectivity index (χ0n) is 10.9. The Hall–Kier alpha value is -1.07. The molecule has 0 radical (unpaired) electrons. The van der Waals surface area contributed by atoms with Gasteiger partial charge in [-0.1, -0.05) is 0 Å². The second-order valence-electron chi connectivity index (χ2n) is 4.74. The second-order valence-corrected chi connectivity index (χ2v) is 5.66. The Morgan fingerprint density at radius 1 is 1.61 bits per heavy atom. The molecule has 0 saturated carbocycles. The maximum Gasteiger partial charge on any atom is 0.268 e. The van der Waals surface area contributed by atoms with E-state index in [0.29, 0.717) is 10.6 Å². The zero-order chi connectivity index (χ0) is 13.1. The number of hydrogen-bond acceptors (Lipinski definition) is 4. The van der Waals surface area contributed by atoms with Gasteiger partial charge in [-0.15, -0.1) is 11.3 Å². The predicted octanol–water partition coefficient (Wildman–Crippen LogP) is 2.10. The molecule has 2 atom stereocenters. The van der Waals surface area contributed by atoms with Crippen LogP contribution in [-0.2, 0) is 0 Å². The van der Waals surface area contributed by atoms with Crippen molar-refractivity contribution in [2.24, 2.45) is 5.73 Å². The van der Waals surface area contributed by atoms with Crippen LogP contribution in [0, 0.1) is 0 Å². The van der Waals surface area contributed by atoms with Gasteiger partial charge in [-0.25, -0.2) is 0 Å². The molecule has 0 unspecified atom stereocenters. The average Bonchev–Trinajstić information content (AvgIpc) is 2.86. The Morgan fingerprint density at radius 2 is 2.39 bits per heavy atom. The molecule has 1 aliphatic heterocycles. The SMILES string of the molecule is COc1ccsc1C(=O)N1CCCC[C@H]1[C@@H](C)N. The normalized spacial score (nSPS) is 21.7. The summed E-state index contributed by atoms with van der Waals surface area (Å²) >= 11 is 1.43. The van der Waals surface area contributed by atoms with Gasteiger partial charge in [0.1, 0.15) is 10.6 Å². The van der Waals surface area contributed by atoms with Gasteiger partial charge in [0.25, 0.3) is 5.91 Å². The first-order valence-electron chi connectivity index (χ1n) is 6.33. The quantitative estimate of drug-likeness (QED) is 0.913. The number of thiophene rings is 1. The van der Waals surface area contributed by atoms with Gasteiger partial charge in [0.05, 0.1) is 7.11 Å². The molecule has 0 spiro atoms. The molecule has 4 nitrogen and oxygen atoms in total. The van der Waals surface area contributed by atoms with Gasteiger partial charge in [0.2, 0.25) is 0 Å². The summed E-state index contributed by atoms with van der Waals surface area (Å²) in [4.78, 5) is 15.2. The maximum atomic E-state index is 12.6. The number of hydrogen-bond donors (Lipinski definition) is 1. The molecule has 100 valence electrons. The summed E-state index contributed by atoms with van der Waals surface area (Å²) < 4.78 is 5.22. The molecule has 1 aromatic rings. The Morgan fingerprint density at radius 3 is 3.06 bits per heavy atom. The lowest BCUT2D eigenvalue weighted by molar-refractivity contribution is 0.0586. The van der Waals surface area contributed by atoms with Crippen LogP contribution in [0.3, 0.4) is 0 Å². The molecule has 18 heavy (non-hydrogen) atoms. The summed E-state index contributed by atoms with van der Waals surface area (Å²) in [7, 11) is 1.60. The van der Waals surface area contributed by atoms with Gasteiger partial charge < -0.3 is 15.4 Å². The van der Waals surface area contributed by atoms with Crippen LogP contribution in [0.15, 0.2) is 11.4 Å². The molecule has 0 bridgehead atoms. The lowest BCUT2D eigenvalue weighted by Gasteiger charge is -2.37. The number of carbonyl (C=O) groups excluding carboxylic acids is 1. The van der Waals surface area contributed by atoms with E-state index >= 15 is 0 Å². The Kier molecular flexibility index (Phi) is 4.24. The number of piperidine rings is 1. The highest BCUT2D eigenvalue weighted by Crippen LogP contribution is 2.29. The molecule has 0 aromatic carbocycles. The van der Waals surface area contributed by atoms with Crippen molar-refractivity contribution in [3.63, 3.8) is 0 Å². The molecular weight excluding hydrogens is 248 g/mol. The number of methoxy groups -OCH3 is 1. The molecule has 1 aromatic heterocycles. The minimum Gasteiger partial charge on any atom is -0.495 e. The standard InChI is InChI=1S/C13H20N2O2S/c1-9(14)10-5-3-4-7-15(10)13(16)12-11(17-2)6-8-18-12/h6,8-10H,3-5,7,14H2,1-2H3/t9-,10+/m1/s1. The summed E-state index contributed by atoms with van der Waals surface area (Å²) in [5.74, 6) is 0.725. The first kappa shape index (κ1) is 13.4. The van der Waals surface area contributed by atoms with Gasteiger partial charge in [-0.3, -0.25) is 4.79 Å². The van der Waals surface area contributed by atoms with Crippen LogP contribution >= 0.6 is 11.3 Å². The van der Waals surface area contributed by atoms with E-state index in [0.717, 1.165) is 25.8 Å². The third-order valence-corrected chi connectivity index (χ3v) is 4.34. The van der Waals surface area contributed by atoms with Crippen molar-refractivity contribution in [3.8, 4) is 5.75 Å².